The van der Waals surface area contributed by atoms with Gasteiger partial charge in [0.2, 0.25) is 0 Å². The van der Waals surface area contributed by atoms with Crippen LogP contribution in [0.5, 0.6) is 0 Å². The van der Waals surface area contributed by atoms with Crippen LogP contribution in [-0.4, -0.2) is 6.54 Å². The molecule has 2 aliphatic carbocycles. The van der Waals surface area contributed by atoms with E-state index in [0.717, 1.165) is 36.6 Å². The third-order valence-electron chi connectivity index (χ3n) is 3.70. The highest BCUT2D eigenvalue weighted by molar-refractivity contribution is 5.85. The van der Waals surface area contributed by atoms with Gasteiger partial charge in [0.05, 0.1) is 12.8 Å². The molecule has 0 spiro atoms. The van der Waals surface area contributed by atoms with E-state index in [2.05, 4.69) is 17.5 Å². The van der Waals surface area contributed by atoms with E-state index < -0.39 is 0 Å². The Morgan fingerprint density at radius 1 is 1.31 bits per heavy atom. The maximum absolute atomic E-state index is 5.28. The van der Waals surface area contributed by atoms with E-state index in [1.807, 2.05) is 12.1 Å². The molecule has 3 rings (SSSR count). The van der Waals surface area contributed by atoms with Gasteiger partial charge in [-0.25, -0.2) is 0 Å². The van der Waals surface area contributed by atoms with Crippen molar-refractivity contribution in [2.75, 3.05) is 6.54 Å². The molecular weight excluding hydrogens is 222 g/mol. The Kier molecular flexibility index (Phi) is 3.72. The molecule has 0 radical (unpaired) electrons. The van der Waals surface area contributed by atoms with Crippen molar-refractivity contribution in [3.05, 3.63) is 36.3 Å². The molecule has 1 N–H and O–H groups in total. The third kappa shape index (κ3) is 2.33. The molecule has 1 heterocycles. The summed E-state index contributed by atoms with van der Waals surface area (Å²) in [5, 5.41) is 3.49. The van der Waals surface area contributed by atoms with Crippen molar-refractivity contribution in [3.8, 4) is 0 Å². The van der Waals surface area contributed by atoms with Crippen LogP contribution in [0.3, 0.4) is 0 Å². The summed E-state index contributed by atoms with van der Waals surface area (Å²) >= 11 is 0. The fraction of sp³-hybridized carbons (Fsp3) is 0.538. The summed E-state index contributed by atoms with van der Waals surface area (Å²) < 4.78 is 5.28. The van der Waals surface area contributed by atoms with Crippen molar-refractivity contribution < 1.29 is 4.42 Å². The molecule has 1 fully saturated rings. The summed E-state index contributed by atoms with van der Waals surface area (Å²) in [4.78, 5) is 0. The van der Waals surface area contributed by atoms with Crippen LogP contribution in [0.2, 0.25) is 0 Å². The number of fused-ring (bicyclic) bond motifs is 2. The smallest absolute Gasteiger partial charge is 0.117 e. The van der Waals surface area contributed by atoms with Crippen molar-refractivity contribution in [2.24, 2.45) is 17.8 Å². The quantitative estimate of drug-likeness (QED) is 0.818. The average Bonchev–Trinajstić information content (AvgIpc) is 2.93. The molecule has 88 valence electrons. The summed E-state index contributed by atoms with van der Waals surface area (Å²) in [5.74, 6) is 3.62. The molecule has 16 heavy (non-hydrogen) atoms. The zero-order valence-corrected chi connectivity index (χ0v) is 10.1. The zero-order valence-electron chi connectivity index (χ0n) is 9.26. The summed E-state index contributed by atoms with van der Waals surface area (Å²) in [5.41, 5.74) is 0. The molecular formula is C13H18ClNO. The molecule has 0 amide bonds. The van der Waals surface area contributed by atoms with Gasteiger partial charge in [0.15, 0.2) is 0 Å². The van der Waals surface area contributed by atoms with Crippen molar-refractivity contribution in [1.29, 1.82) is 0 Å². The molecule has 3 heteroatoms. The predicted molar refractivity (Wildman–Crippen MR) is 66.5 cm³/mol. The minimum atomic E-state index is 0. The van der Waals surface area contributed by atoms with Crippen LogP contribution < -0.4 is 5.32 Å². The first-order valence-electron chi connectivity index (χ1n) is 5.83. The van der Waals surface area contributed by atoms with Gasteiger partial charge in [-0.05, 0) is 49.3 Å². The van der Waals surface area contributed by atoms with Crippen molar-refractivity contribution in [2.45, 2.75) is 19.4 Å². The van der Waals surface area contributed by atoms with Crippen molar-refractivity contribution in [3.63, 3.8) is 0 Å². The largest absolute Gasteiger partial charge is 0.468 e. The van der Waals surface area contributed by atoms with Crippen LogP contribution in [0.25, 0.3) is 0 Å². The predicted octanol–water partition coefficient (Wildman–Crippen LogP) is 3.00. The van der Waals surface area contributed by atoms with Gasteiger partial charge in [-0.3, -0.25) is 0 Å². The lowest BCUT2D eigenvalue weighted by molar-refractivity contribution is 0.397. The molecule has 2 nitrogen and oxygen atoms in total. The lowest BCUT2D eigenvalue weighted by Crippen LogP contribution is -2.24. The molecule has 1 aromatic rings. The number of nitrogens with one attached hydrogen (secondary N) is 1. The number of hydrogen-bond acceptors (Lipinski definition) is 2. The number of hydrogen-bond donors (Lipinski definition) is 1. The summed E-state index contributed by atoms with van der Waals surface area (Å²) in [6, 6.07) is 3.96. The fourth-order valence-corrected chi connectivity index (χ4v) is 2.92. The maximum Gasteiger partial charge on any atom is 0.117 e. The van der Waals surface area contributed by atoms with Gasteiger partial charge in [0.1, 0.15) is 5.76 Å². The molecule has 0 saturated heterocycles. The molecule has 1 aromatic heterocycles. The van der Waals surface area contributed by atoms with Crippen LogP contribution in [0.4, 0.5) is 0 Å². The third-order valence-corrected chi connectivity index (χ3v) is 3.70. The highest BCUT2D eigenvalue weighted by Gasteiger charge is 2.34. The Hall–Kier alpha value is -0.730. The summed E-state index contributed by atoms with van der Waals surface area (Å²) in [6.45, 7) is 2.00. The van der Waals surface area contributed by atoms with Crippen LogP contribution >= 0.6 is 12.4 Å². The molecule has 3 unspecified atom stereocenters. The molecule has 2 bridgehead atoms. The summed E-state index contributed by atoms with van der Waals surface area (Å²) in [6.07, 6.45) is 9.32. The molecule has 2 aliphatic rings. The minimum absolute atomic E-state index is 0. The normalized spacial score (nSPS) is 30.6. The Balaban J connectivity index is 0.000000963. The highest BCUT2D eigenvalue weighted by Crippen LogP contribution is 2.42. The van der Waals surface area contributed by atoms with E-state index in [-0.39, 0.29) is 12.4 Å². The Bertz CT molecular complexity index is 347. The van der Waals surface area contributed by atoms with E-state index >= 15 is 0 Å². The molecule has 0 aliphatic heterocycles. The first-order valence-corrected chi connectivity index (χ1v) is 5.83. The van der Waals surface area contributed by atoms with E-state index in [0.29, 0.717) is 0 Å². The Morgan fingerprint density at radius 3 is 2.88 bits per heavy atom. The number of rotatable bonds is 4. The van der Waals surface area contributed by atoms with E-state index in [1.54, 1.807) is 6.26 Å². The van der Waals surface area contributed by atoms with Crippen molar-refractivity contribution in [1.82, 2.24) is 5.32 Å². The van der Waals surface area contributed by atoms with E-state index in [9.17, 15) is 0 Å². The second-order valence-electron chi connectivity index (χ2n) is 4.75. The first kappa shape index (κ1) is 11.7. The lowest BCUT2D eigenvalue weighted by atomic mass is 9.94. The SMILES string of the molecule is C1=CC2CC1CC2CNCc1ccco1.Cl. The van der Waals surface area contributed by atoms with Crippen molar-refractivity contribution >= 4 is 12.4 Å². The standard InChI is InChI=1S/C13H17NO.ClH/c1-2-13(15-5-1)9-14-8-12-7-10-3-4-11(12)6-10;/h1-5,10-12,14H,6-9H2;1H. The van der Waals surface area contributed by atoms with Gasteiger partial charge in [-0.2, -0.15) is 0 Å². The minimum Gasteiger partial charge on any atom is -0.468 e. The monoisotopic (exact) mass is 239 g/mol. The van der Waals surface area contributed by atoms with Crippen LogP contribution in [0, 0.1) is 17.8 Å². The fourth-order valence-electron chi connectivity index (χ4n) is 2.92. The van der Waals surface area contributed by atoms with E-state index in [4.69, 9.17) is 4.42 Å². The molecule has 1 saturated carbocycles. The molecule has 0 aromatic carbocycles. The number of allylic oxidation sites excluding steroid dienone is 2. The first-order chi connectivity index (χ1) is 7.42. The number of furan rings is 1. The summed E-state index contributed by atoms with van der Waals surface area (Å²) in [7, 11) is 0. The molecule has 3 atom stereocenters. The maximum atomic E-state index is 5.28. The number of halogens is 1. The Morgan fingerprint density at radius 2 is 2.25 bits per heavy atom. The van der Waals surface area contributed by atoms with Gasteiger partial charge in [-0.15, -0.1) is 12.4 Å². The lowest BCUT2D eigenvalue weighted by Gasteiger charge is -2.17. The topological polar surface area (TPSA) is 25.2 Å². The van der Waals surface area contributed by atoms with Crippen LogP contribution in [0.15, 0.2) is 35.0 Å². The van der Waals surface area contributed by atoms with Gasteiger partial charge >= 0.3 is 0 Å². The second kappa shape index (κ2) is 5.07. The van der Waals surface area contributed by atoms with Crippen LogP contribution in [-0.2, 0) is 6.54 Å². The van der Waals surface area contributed by atoms with Crippen LogP contribution in [0.1, 0.15) is 18.6 Å². The van der Waals surface area contributed by atoms with E-state index in [1.165, 1.54) is 12.8 Å². The van der Waals surface area contributed by atoms with Gasteiger partial charge in [-0.1, -0.05) is 12.2 Å². The van der Waals surface area contributed by atoms with Gasteiger partial charge in [0, 0.05) is 0 Å². The Labute approximate surface area is 103 Å². The van der Waals surface area contributed by atoms with Gasteiger partial charge in [0.25, 0.3) is 0 Å². The average molecular weight is 240 g/mol. The zero-order chi connectivity index (χ0) is 10.1. The highest BCUT2D eigenvalue weighted by atomic mass is 35.5. The second-order valence-corrected chi connectivity index (χ2v) is 4.75. The van der Waals surface area contributed by atoms with Gasteiger partial charge < -0.3 is 9.73 Å².